The van der Waals surface area contributed by atoms with Crippen LogP contribution in [0.25, 0.3) is 0 Å². The lowest BCUT2D eigenvalue weighted by Crippen LogP contribution is -2.19. The van der Waals surface area contributed by atoms with Crippen molar-refractivity contribution < 1.29 is 4.74 Å². The molecule has 86 valence electrons. The summed E-state index contributed by atoms with van der Waals surface area (Å²) in [4.78, 5) is 0. The van der Waals surface area contributed by atoms with Gasteiger partial charge in [-0.05, 0) is 30.8 Å². The molecule has 0 saturated heterocycles. The van der Waals surface area contributed by atoms with Gasteiger partial charge in [0.15, 0.2) is 0 Å². The Morgan fingerprint density at radius 3 is 2.88 bits per heavy atom. The first-order valence-electron chi connectivity index (χ1n) is 5.17. The molecule has 0 saturated carbocycles. The second-order valence-corrected chi connectivity index (χ2v) is 4.92. The Balaban J connectivity index is 2.32. The van der Waals surface area contributed by atoms with Crippen molar-refractivity contribution in [2.45, 2.75) is 12.5 Å². The summed E-state index contributed by atoms with van der Waals surface area (Å²) in [5.74, 6) is 0.991. The van der Waals surface area contributed by atoms with E-state index in [9.17, 15) is 0 Å². The van der Waals surface area contributed by atoms with Crippen molar-refractivity contribution in [3.63, 3.8) is 0 Å². The average Bonchev–Trinajstić information content (AvgIpc) is 2.75. The fourth-order valence-electron chi connectivity index (χ4n) is 1.82. The SMILES string of the molecule is CNC(C1=CCCO1)c1ccc(Cl)cc1Br. The summed E-state index contributed by atoms with van der Waals surface area (Å²) in [7, 11) is 1.92. The van der Waals surface area contributed by atoms with E-state index in [0.717, 1.165) is 33.8 Å². The first-order valence-corrected chi connectivity index (χ1v) is 6.34. The molecule has 0 spiro atoms. The van der Waals surface area contributed by atoms with Crippen LogP contribution in [0.2, 0.25) is 5.02 Å². The molecule has 0 aromatic heterocycles. The molecule has 1 heterocycles. The van der Waals surface area contributed by atoms with Crippen molar-refractivity contribution in [2.24, 2.45) is 0 Å². The number of rotatable bonds is 3. The van der Waals surface area contributed by atoms with Gasteiger partial charge in [0.05, 0.1) is 12.6 Å². The molecule has 0 amide bonds. The minimum absolute atomic E-state index is 0.0918. The van der Waals surface area contributed by atoms with Gasteiger partial charge in [-0.25, -0.2) is 0 Å². The third-order valence-corrected chi connectivity index (χ3v) is 3.50. The van der Waals surface area contributed by atoms with Gasteiger partial charge in [0.2, 0.25) is 0 Å². The van der Waals surface area contributed by atoms with Gasteiger partial charge < -0.3 is 10.1 Å². The number of ether oxygens (including phenoxy) is 1. The molecule has 2 nitrogen and oxygen atoms in total. The maximum Gasteiger partial charge on any atom is 0.114 e. The highest BCUT2D eigenvalue weighted by molar-refractivity contribution is 9.10. The molecular formula is C12H13BrClNO. The summed E-state index contributed by atoms with van der Waals surface area (Å²) in [6.07, 6.45) is 3.11. The van der Waals surface area contributed by atoms with Crippen LogP contribution in [-0.2, 0) is 4.74 Å². The molecule has 1 aromatic carbocycles. The zero-order valence-electron chi connectivity index (χ0n) is 8.97. The lowest BCUT2D eigenvalue weighted by molar-refractivity contribution is 0.218. The topological polar surface area (TPSA) is 21.3 Å². The molecule has 1 aromatic rings. The van der Waals surface area contributed by atoms with Crippen LogP contribution in [0.15, 0.2) is 34.5 Å². The molecule has 0 radical (unpaired) electrons. The summed E-state index contributed by atoms with van der Waals surface area (Å²) in [5.41, 5.74) is 1.14. The van der Waals surface area contributed by atoms with E-state index in [0.29, 0.717) is 0 Å². The molecule has 2 rings (SSSR count). The first kappa shape index (κ1) is 12.0. The Labute approximate surface area is 109 Å². The summed E-state index contributed by atoms with van der Waals surface area (Å²) in [6.45, 7) is 0.777. The smallest absolute Gasteiger partial charge is 0.114 e. The van der Waals surface area contributed by atoms with Crippen LogP contribution in [0, 0.1) is 0 Å². The van der Waals surface area contributed by atoms with Gasteiger partial charge in [-0.3, -0.25) is 0 Å². The quantitative estimate of drug-likeness (QED) is 0.920. The summed E-state index contributed by atoms with van der Waals surface area (Å²) in [5, 5.41) is 3.98. The fourth-order valence-corrected chi connectivity index (χ4v) is 2.74. The van der Waals surface area contributed by atoms with Gasteiger partial charge in [0.1, 0.15) is 5.76 Å². The Morgan fingerprint density at radius 2 is 2.31 bits per heavy atom. The number of nitrogens with one attached hydrogen (secondary N) is 1. The molecule has 1 N–H and O–H groups in total. The van der Waals surface area contributed by atoms with E-state index in [-0.39, 0.29) is 6.04 Å². The first-order chi connectivity index (χ1) is 7.72. The molecule has 0 aliphatic carbocycles. The average molecular weight is 303 g/mol. The van der Waals surface area contributed by atoms with Crippen LogP contribution in [-0.4, -0.2) is 13.7 Å². The van der Waals surface area contributed by atoms with Crippen molar-refractivity contribution in [1.29, 1.82) is 0 Å². The Kier molecular flexibility index (Phi) is 3.90. The van der Waals surface area contributed by atoms with E-state index in [2.05, 4.69) is 27.3 Å². The number of benzene rings is 1. The summed E-state index contributed by atoms with van der Waals surface area (Å²) >= 11 is 9.46. The second-order valence-electron chi connectivity index (χ2n) is 3.63. The minimum atomic E-state index is 0.0918. The third-order valence-electron chi connectivity index (χ3n) is 2.58. The fraction of sp³-hybridized carbons (Fsp3) is 0.333. The zero-order valence-corrected chi connectivity index (χ0v) is 11.3. The standard InChI is InChI=1S/C12H13BrClNO/c1-15-12(11-3-2-6-16-11)9-5-4-8(14)7-10(9)13/h3-5,7,12,15H,2,6H2,1H3. The molecule has 16 heavy (non-hydrogen) atoms. The molecule has 1 unspecified atom stereocenters. The normalized spacial score (nSPS) is 16.8. The van der Waals surface area contributed by atoms with Crippen LogP contribution in [0.3, 0.4) is 0 Å². The lowest BCUT2D eigenvalue weighted by Gasteiger charge is -2.19. The van der Waals surface area contributed by atoms with E-state index < -0.39 is 0 Å². The molecule has 0 bridgehead atoms. The van der Waals surface area contributed by atoms with Crippen molar-refractivity contribution >= 4 is 27.5 Å². The van der Waals surface area contributed by atoms with Crippen molar-refractivity contribution in [3.05, 3.63) is 45.1 Å². The van der Waals surface area contributed by atoms with Gasteiger partial charge in [0, 0.05) is 15.9 Å². The van der Waals surface area contributed by atoms with Crippen molar-refractivity contribution in [2.75, 3.05) is 13.7 Å². The maximum atomic E-state index is 5.93. The van der Waals surface area contributed by atoms with Gasteiger partial charge in [-0.15, -0.1) is 0 Å². The highest BCUT2D eigenvalue weighted by Crippen LogP contribution is 2.32. The largest absolute Gasteiger partial charge is 0.496 e. The van der Waals surface area contributed by atoms with Crippen LogP contribution >= 0.6 is 27.5 Å². The molecule has 1 atom stereocenters. The van der Waals surface area contributed by atoms with Crippen LogP contribution in [0.1, 0.15) is 18.0 Å². The molecule has 4 heteroatoms. The maximum absolute atomic E-state index is 5.93. The monoisotopic (exact) mass is 301 g/mol. The number of halogens is 2. The van der Waals surface area contributed by atoms with E-state index in [4.69, 9.17) is 16.3 Å². The van der Waals surface area contributed by atoms with E-state index >= 15 is 0 Å². The number of hydrogen-bond donors (Lipinski definition) is 1. The molecule has 1 aliphatic heterocycles. The van der Waals surface area contributed by atoms with Crippen molar-refractivity contribution in [1.82, 2.24) is 5.32 Å². The summed E-state index contributed by atoms with van der Waals surface area (Å²) in [6, 6.07) is 5.89. The predicted octanol–water partition coefficient (Wildman–Crippen LogP) is 3.67. The van der Waals surface area contributed by atoms with E-state index in [1.54, 1.807) is 0 Å². The zero-order chi connectivity index (χ0) is 11.5. The van der Waals surface area contributed by atoms with Gasteiger partial charge in [0.25, 0.3) is 0 Å². The predicted molar refractivity (Wildman–Crippen MR) is 69.6 cm³/mol. The van der Waals surface area contributed by atoms with Gasteiger partial charge in [-0.2, -0.15) is 0 Å². The van der Waals surface area contributed by atoms with E-state index in [1.807, 2.05) is 25.2 Å². The van der Waals surface area contributed by atoms with E-state index in [1.165, 1.54) is 0 Å². The van der Waals surface area contributed by atoms with Crippen LogP contribution in [0.5, 0.6) is 0 Å². The lowest BCUT2D eigenvalue weighted by atomic mass is 10.1. The van der Waals surface area contributed by atoms with Crippen LogP contribution < -0.4 is 5.32 Å². The molecular weight excluding hydrogens is 289 g/mol. The summed E-state index contributed by atoms with van der Waals surface area (Å²) < 4.78 is 6.59. The number of hydrogen-bond acceptors (Lipinski definition) is 2. The molecule has 0 fully saturated rings. The van der Waals surface area contributed by atoms with Gasteiger partial charge >= 0.3 is 0 Å². The Bertz CT molecular complexity index is 419. The Hall–Kier alpha value is -0.510. The second kappa shape index (κ2) is 5.21. The number of likely N-dealkylation sites (N-methyl/N-ethyl adjacent to an activating group) is 1. The van der Waals surface area contributed by atoms with Crippen LogP contribution in [0.4, 0.5) is 0 Å². The molecule has 1 aliphatic rings. The highest BCUT2D eigenvalue weighted by Gasteiger charge is 2.21. The Morgan fingerprint density at radius 1 is 1.50 bits per heavy atom. The van der Waals surface area contributed by atoms with Crippen molar-refractivity contribution in [3.8, 4) is 0 Å². The minimum Gasteiger partial charge on any atom is -0.496 e. The highest BCUT2D eigenvalue weighted by atomic mass is 79.9. The third kappa shape index (κ3) is 2.42. The van der Waals surface area contributed by atoms with Gasteiger partial charge in [-0.1, -0.05) is 33.6 Å².